The van der Waals surface area contributed by atoms with E-state index in [2.05, 4.69) is 23.3 Å². The maximum absolute atomic E-state index is 4.31. The predicted molar refractivity (Wildman–Crippen MR) is 56.5 cm³/mol. The first-order chi connectivity index (χ1) is 6.91. The Morgan fingerprint density at radius 2 is 2.13 bits per heavy atom. The molecule has 0 radical (unpaired) electrons. The van der Waals surface area contributed by atoms with Crippen LogP contribution in [0.1, 0.15) is 18.7 Å². The minimum atomic E-state index is 0.199. The minimum absolute atomic E-state index is 0.199. The maximum Gasteiger partial charge on any atom is 0.321 e. The SMILES string of the molecule is CC(C=[N+](C)N(C)C)c1nn(C)[n+](C)n1. The van der Waals surface area contributed by atoms with Gasteiger partial charge in [0.1, 0.15) is 13.0 Å². The highest BCUT2D eigenvalue weighted by atomic mass is 15.6. The molecular formula is C9H20N6+2. The molecule has 0 saturated heterocycles. The largest absolute Gasteiger partial charge is 0.321 e. The quantitative estimate of drug-likeness (QED) is 0.364. The molecule has 1 aromatic rings. The number of hydrazine groups is 1. The fourth-order valence-electron chi connectivity index (χ4n) is 1.15. The van der Waals surface area contributed by atoms with Crippen LogP contribution < -0.4 is 4.80 Å². The summed E-state index contributed by atoms with van der Waals surface area (Å²) in [6.07, 6.45) is 2.08. The zero-order chi connectivity index (χ0) is 11.6. The molecule has 1 atom stereocenters. The second kappa shape index (κ2) is 4.37. The van der Waals surface area contributed by atoms with Crippen molar-refractivity contribution in [3.8, 4) is 0 Å². The number of rotatable bonds is 3. The maximum atomic E-state index is 4.31. The van der Waals surface area contributed by atoms with E-state index in [1.165, 1.54) is 0 Å². The van der Waals surface area contributed by atoms with E-state index in [0.717, 1.165) is 5.82 Å². The van der Waals surface area contributed by atoms with Crippen molar-refractivity contribution in [1.82, 2.24) is 20.0 Å². The molecule has 6 nitrogen and oxygen atoms in total. The van der Waals surface area contributed by atoms with E-state index < -0.39 is 0 Å². The number of aryl methyl sites for hydroxylation is 2. The molecular weight excluding hydrogens is 192 g/mol. The standard InChI is InChI=1S/C9H20N6/c1-8(7-13(4)12(2)3)9-10-14(5)15(6)11-9/h7-8H,1-6H3/q+2. The highest BCUT2D eigenvalue weighted by Gasteiger charge is 2.22. The fourth-order valence-corrected chi connectivity index (χ4v) is 1.15. The van der Waals surface area contributed by atoms with E-state index in [1.807, 2.05) is 44.9 Å². The van der Waals surface area contributed by atoms with Gasteiger partial charge in [-0.25, -0.2) is 0 Å². The van der Waals surface area contributed by atoms with Gasteiger partial charge in [0.2, 0.25) is 0 Å². The number of hydrazone groups is 1. The number of hydrogen-bond acceptors (Lipinski definition) is 3. The Labute approximate surface area is 90.4 Å². The zero-order valence-electron chi connectivity index (χ0n) is 10.3. The van der Waals surface area contributed by atoms with Gasteiger partial charge in [-0.2, -0.15) is 5.01 Å². The Hall–Kier alpha value is -1.46. The number of hydrogen-bond donors (Lipinski definition) is 0. The van der Waals surface area contributed by atoms with E-state index in [1.54, 1.807) is 9.59 Å². The highest BCUT2D eigenvalue weighted by Crippen LogP contribution is 2.03. The lowest BCUT2D eigenvalue weighted by atomic mass is 10.2. The van der Waals surface area contributed by atoms with Crippen LogP contribution in [0, 0.1) is 0 Å². The van der Waals surface area contributed by atoms with E-state index in [-0.39, 0.29) is 5.92 Å². The molecule has 0 aromatic carbocycles. The van der Waals surface area contributed by atoms with Gasteiger partial charge in [-0.1, -0.05) is 4.80 Å². The van der Waals surface area contributed by atoms with Crippen LogP contribution in [-0.4, -0.2) is 52.0 Å². The average molecular weight is 212 g/mol. The van der Waals surface area contributed by atoms with Crippen LogP contribution in [0.3, 0.4) is 0 Å². The van der Waals surface area contributed by atoms with Crippen LogP contribution in [0.4, 0.5) is 0 Å². The van der Waals surface area contributed by atoms with Crippen LogP contribution in [0.15, 0.2) is 0 Å². The van der Waals surface area contributed by atoms with Crippen molar-refractivity contribution in [3.63, 3.8) is 0 Å². The Morgan fingerprint density at radius 3 is 2.53 bits per heavy atom. The summed E-state index contributed by atoms with van der Waals surface area (Å²) in [4.78, 5) is 3.44. The molecule has 1 aromatic heterocycles. The van der Waals surface area contributed by atoms with Crippen LogP contribution in [0.5, 0.6) is 0 Å². The van der Waals surface area contributed by atoms with E-state index in [0.29, 0.717) is 0 Å². The van der Waals surface area contributed by atoms with Gasteiger partial charge < -0.3 is 0 Å². The van der Waals surface area contributed by atoms with Gasteiger partial charge in [0.05, 0.1) is 26.2 Å². The van der Waals surface area contributed by atoms with E-state index >= 15 is 0 Å². The first kappa shape index (κ1) is 11.6. The molecule has 84 valence electrons. The molecule has 0 spiro atoms. The van der Waals surface area contributed by atoms with Crippen molar-refractivity contribution in [3.05, 3.63) is 5.82 Å². The number of aromatic nitrogens is 4. The molecule has 0 saturated carbocycles. The number of nitrogens with zero attached hydrogens (tertiary/aromatic N) is 6. The van der Waals surface area contributed by atoms with Crippen molar-refractivity contribution in [2.75, 3.05) is 21.1 Å². The van der Waals surface area contributed by atoms with Gasteiger partial charge in [-0.15, -0.1) is 4.68 Å². The molecule has 1 unspecified atom stereocenters. The molecule has 6 heteroatoms. The Kier molecular flexibility index (Phi) is 3.39. The van der Waals surface area contributed by atoms with E-state index in [4.69, 9.17) is 0 Å². The molecule has 0 aliphatic carbocycles. The molecule has 0 fully saturated rings. The molecule has 0 amide bonds. The molecule has 1 heterocycles. The van der Waals surface area contributed by atoms with Gasteiger partial charge in [0.15, 0.2) is 13.3 Å². The second-order valence-electron chi connectivity index (χ2n) is 3.90. The third kappa shape index (κ3) is 2.74. The molecule has 0 aliphatic heterocycles. The minimum Gasteiger partial charge on any atom is -0.193 e. The molecule has 0 aliphatic rings. The normalized spacial score (nSPS) is 14.1. The van der Waals surface area contributed by atoms with Crippen LogP contribution in [-0.2, 0) is 14.1 Å². The summed E-state index contributed by atoms with van der Waals surface area (Å²) in [5.41, 5.74) is 0. The van der Waals surface area contributed by atoms with Crippen LogP contribution >= 0.6 is 0 Å². The summed E-state index contributed by atoms with van der Waals surface area (Å²) >= 11 is 0. The van der Waals surface area contributed by atoms with Crippen LogP contribution in [0.2, 0.25) is 0 Å². The second-order valence-corrected chi connectivity index (χ2v) is 3.90. The van der Waals surface area contributed by atoms with Crippen LogP contribution in [0.25, 0.3) is 0 Å². The summed E-state index contributed by atoms with van der Waals surface area (Å²) in [5.74, 6) is 1.03. The zero-order valence-corrected chi connectivity index (χ0v) is 10.3. The van der Waals surface area contributed by atoms with Crippen molar-refractivity contribution in [2.45, 2.75) is 12.8 Å². The first-order valence-corrected chi connectivity index (χ1v) is 4.94. The van der Waals surface area contributed by atoms with E-state index in [9.17, 15) is 0 Å². The van der Waals surface area contributed by atoms with Crippen molar-refractivity contribution in [1.29, 1.82) is 0 Å². The molecule has 0 bridgehead atoms. The first-order valence-electron chi connectivity index (χ1n) is 4.94. The topological polar surface area (TPSA) is 40.8 Å². The molecule has 1 rings (SSSR count). The lowest BCUT2D eigenvalue weighted by Crippen LogP contribution is -2.40. The van der Waals surface area contributed by atoms with Gasteiger partial charge in [-0.3, -0.25) is 0 Å². The van der Waals surface area contributed by atoms with Gasteiger partial charge in [-0.05, 0) is 16.8 Å². The lowest BCUT2D eigenvalue weighted by molar-refractivity contribution is -0.807. The summed E-state index contributed by atoms with van der Waals surface area (Å²) in [5, 5.41) is 10.6. The lowest BCUT2D eigenvalue weighted by Gasteiger charge is -2.05. The predicted octanol–water partition coefficient (Wildman–Crippen LogP) is -1.07. The summed E-state index contributed by atoms with van der Waals surface area (Å²) in [6, 6.07) is 0. The third-order valence-corrected chi connectivity index (χ3v) is 2.39. The number of tetrazole rings is 1. The van der Waals surface area contributed by atoms with Gasteiger partial charge in [0, 0.05) is 0 Å². The van der Waals surface area contributed by atoms with Crippen molar-refractivity contribution >= 4 is 6.21 Å². The molecule has 15 heavy (non-hydrogen) atoms. The summed E-state index contributed by atoms with van der Waals surface area (Å²) in [6.45, 7) is 2.08. The fraction of sp³-hybridized carbons (Fsp3) is 0.778. The van der Waals surface area contributed by atoms with Gasteiger partial charge >= 0.3 is 5.82 Å². The summed E-state index contributed by atoms with van der Waals surface area (Å²) in [7, 11) is 9.74. The highest BCUT2D eigenvalue weighted by molar-refractivity contribution is 5.60. The third-order valence-electron chi connectivity index (χ3n) is 2.39. The monoisotopic (exact) mass is 212 g/mol. The average Bonchev–Trinajstić information content (AvgIpc) is 2.46. The Balaban J connectivity index is 2.86. The molecule has 0 N–H and O–H groups in total. The van der Waals surface area contributed by atoms with Crippen molar-refractivity contribution < 1.29 is 9.48 Å². The smallest absolute Gasteiger partial charge is 0.193 e. The Bertz CT molecular complexity index is 345. The summed E-state index contributed by atoms with van der Waals surface area (Å²) < 4.78 is 2.01. The van der Waals surface area contributed by atoms with Crippen molar-refractivity contribution in [2.24, 2.45) is 14.1 Å². The Morgan fingerprint density at radius 1 is 1.53 bits per heavy atom. The van der Waals surface area contributed by atoms with Gasteiger partial charge in [0.25, 0.3) is 0 Å².